The van der Waals surface area contributed by atoms with E-state index in [1.165, 1.54) is 0 Å². The molecule has 0 aliphatic carbocycles. The van der Waals surface area contributed by atoms with Gasteiger partial charge in [0.1, 0.15) is 0 Å². The molecule has 7 nitrogen and oxygen atoms in total. The number of anilines is 2. The van der Waals surface area contributed by atoms with Crippen LogP contribution in [0.5, 0.6) is 0 Å². The third-order valence-corrected chi connectivity index (χ3v) is 6.47. The van der Waals surface area contributed by atoms with Crippen LogP contribution < -0.4 is 15.5 Å². The van der Waals surface area contributed by atoms with E-state index in [-0.39, 0.29) is 35.9 Å². The molecule has 2 N–H and O–H groups in total. The number of benzene rings is 1. The highest BCUT2D eigenvalue weighted by atomic mass is 32.2. The van der Waals surface area contributed by atoms with E-state index in [9.17, 15) is 18.0 Å². The van der Waals surface area contributed by atoms with E-state index in [0.717, 1.165) is 29.9 Å². The highest BCUT2D eigenvalue weighted by molar-refractivity contribution is 7.91. The second-order valence-electron chi connectivity index (χ2n) is 6.62. The van der Waals surface area contributed by atoms with Gasteiger partial charge in [-0.05, 0) is 37.5 Å². The molecule has 2 heterocycles. The first-order valence-corrected chi connectivity index (χ1v) is 10.3. The molecule has 0 spiro atoms. The molecule has 0 saturated carbocycles. The molecule has 8 heteroatoms. The molecule has 2 aliphatic heterocycles. The van der Waals surface area contributed by atoms with Crippen molar-refractivity contribution in [3.63, 3.8) is 0 Å². The Labute approximate surface area is 147 Å². The van der Waals surface area contributed by atoms with Gasteiger partial charge in [-0.15, -0.1) is 0 Å². The molecule has 2 amide bonds. The predicted octanol–water partition coefficient (Wildman–Crippen LogP) is 0.837. The summed E-state index contributed by atoms with van der Waals surface area (Å²) in [5.74, 6) is 0.0466. The molecular weight excluding hydrogens is 342 g/mol. The monoisotopic (exact) mass is 365 g/mol. The standard InChI is InChI=1S/C17H23N3O4S/c1-12-14(4-2-5-15(12)20-8-3-6-17(20)22)18-10-16(21)19-13-7-9-25(23,24)11-13/h2,4-5,13,18H,3,6-11H2,1H3,(H,19,21). The maximum absolute atomic E-state index is 12.1. The highest BCUT2D eigenvalue weighted by Crippen LogP contribution is 2.29. The zero-order valence-electron chi connectivity index (χ0n) is 14.2. The van der Waals surface area contributed by atoms with Crippen molar-refractivity contribution in [1.82, 2.24) is 5.32 Å². The Morgan fingerprint density at radius 1 is 1.36 bits per heavy atom. The van der Waals surface area contributed by atoms with Crippen LogP contribution in [0.15, 0.2) is 18.2 Å². The van der Waals surface area contributed by atoms with Gasteiger partial charge >= 0.3 is 0 Å². The van der Waals surface area contributed by atoms with Gasteiger partial charge in [-0.2, -0.15) is 0 Å². The molecule has 1 atom stereocenters. The number of carbonyl (C=O) groups is 2. The van der Waals surface area contributed by atoms with Crippen LogP contribution in [0.2, 0.25) is 0 Å². The van der Waals surface area contributed by atoms with E-state index in [0.29, 0.717) is 12.8 Å². The van der Waals surface area contributed by atoms with Crippen molar-refractivity contribution in [2.45, 2.75) is 32.2 Å². The Hall–Kier alpha value is -2.09. The van der Waals surface area contributed by atoms with Crippen molar-refractivity contribution in [1.29, 1.82) is 0 Å². The van der Waals surface area contributed by atoms with Gasteiger partial charge in [-0.1, -0.05) is 6.07 Å². The van der Waals surface area contributed by atoms with Gasteiger partial charge in [-0.3, -0.25) is 9.59 Å². The maximum Gasteiger partial charge on any atom is 0.239 e. The summed E-state index contributed by atoms with van der Waals surface area (Å²) in [6.07, 6.45) is 1.91. The summed E-state index contributed by atoms with van der Waals surface area (Å²) in [7, 11) is -3.01. The minimum absolute atomic E-state index is 0.0182. The first kappa shape index (κ1) is 17.7. The van der Waals surface area contributed by atoms with Gasteiger partial charge < -0.3 is 15.5 Å². The lowest BCUT2D eigenvalue weighted by Gasteiger charge is -2.21. The number of carbonyl (C=O) groups excluding carboxylic acids is 2. The summed E-state index contributed by atoms with van der Waals surface area (Å²) < 4.78 is 22.9. The van der Waals surface area contributed by atoms with Crippen molar-refractivity contribution in [3.05, 3.63) is 23.8 Å². The largest absolute Gasteiger partial charge is 0.376 e. The molecule has 2 aliphatic rings. The van der Waals surface area contributed by atoms with Crippen LogP contribution in [0.3, 0.4) is 0 Å². The Bertz CT molecular complexity index is 791. The van der Waals surface area contributed by atoms with Crippen LogP contribution in [0.25, 0.3) is 0 Å². The second-order valence-corrected chi connectivity index (χ2v) is 8.85. The van der Waals surface area contributed by atoms with Crippen LogP contribution >= 0.6 is 0 Å². The number of rotatable bonds is 5. The summed E-state index contributed by atoms with van der Waals surface area (Å²) in [5.41, 5.74) is 2.59. The first-order chi connectivity index (χ1) is 11.9. The number of hydrogen-bond donors (Lipinski definition) is 2. The summed E-state index contributed by atoms with van der Waals surface area (Å²) in [5, 5.41) is 5.84. The van der Waals surface area contributed by atoms with Crippen LogP contribution in [-0.2, 0) is 19.4 Å². The van der Waals surface area contributed by atoms with Crippen molar-refractivity contribution in [2.24, 2.45) is 0 Å². The lowest BCUT2D eigenvalue weighted by molar-refractivity contribution is -0.120. The lowest BCUT2D eigenvalue weighted by Crippen LogP contribution is -2.39. The van der Waals surface area contributed by atoms with E-state index in [1.54, 1.807) is 4.90 Å². The third-order valence-electron chi connectivity index (χ3n) is 4.71. The van der Waals surface area contributed by atoms with E-state index in [4.69, 9.17) is 0 Å². The minimum atomic E-state index is -3.01. The van der Waals surface area contributed by atoms with Crippen molar-refractivity contribution >= 4 is 33.0 Å². The van der Waals surface area contributed by atoms with Crippen LogP contribution in [0.4, 0.5) is 11.4 Å². The molecule has 1 aromatic carbocycles. The number of hydrogen-bond acceptors (Lipinski definition) is 5. The number of nitrogens with zero attached hydrogens (tertiary/aromatic N) is 1. The molecule has 25 heavy (non-hydrogen) atoms. The van der Waals surface area contributed by atoms with Gasteiger partial charge in [-0.25, -0.2) is 8.42 Å². The average Bonchev–Trinajstić information content (AvgIpc) is 3.11. The van der Waals surface area contributed by atoms with Gasteiger partial charge in [0, 0.05) is 30.4 Å². The van der Waals surface area contributed by atoms with Crippen LogP contribution in [0, 0.1) is 6.92 Å². The molecule has 1 unspecified atom stereocenters. The minimum Gasteiger partial charge on any atom is -0.376 e. The van der Waals surface area contributed by atoms with Crippen molar-refractivity contribution in [3.8, 4) is 0 Å². The Kier molecular flexibility index (Phi) is 4.99. The van der Waals surface area contributed by atoms with E-state index in [2.05, 4.69) is 10.6 Å². The lowest BCUT2D eigenvalue weighted by atomic mass is 10.1. The number of sulfone groups is 1. The first-order valence-electron chi connectivity index (χ1n) is 8.49. The summed E-state index contributed by atoms with van der Waals surface area (Å²) >= 11 is 0. The summed E-state index contributed by atoms with van der Waals surface area (Å²) in [4.78, 5) is 25.8. The SMILES string of the molecule is Cc1c(NCC(=O)NC2CCS(=O)(=O)C2)cccc1N1CCCC1=O. The van der Waals surface area contributed by atoms with Gasteiger partial charge in [0.05, 0.1) is 18.1 Å². The van der Waals surface area contributed by atoms with Crippen LogP contribution in [-0.4, -0.2) is 50.9 Å². The fourth-order valence-electron chi connectivity index (χ4n) is 3.37. The Morgan fingerprint density at radius 3 is 2.80 bits per heavy atom. The fourth-order valence-corrected chi connectivity index (χ4v) is 5.05. The zero-order valence-corrected chi connectivity index (χ0v) is 15.1. The third kappa shape index (κ3) is 4.12. The summed E-state index contributed by atoms with van der Waals surface area (Å²) in [6, 6.07) is 5.34. The molecule has 3 rings (SSSR count). The highest BCUT2D eigenvalue weighted by Gasteiger charge is 2.29. The molecule has 0 radical (unpaired) electrons. The zero-order chi connectivity index (χ0) is 18.0. The molecule has 2 fully saturated rings. The molecule has 2 saturated heterocycles. The number of nitrogens with one attached hydrogen (secondary N) is 2. The summed E-state index contributed by atoms with van der Waals surface area (Å²) in [6.45, 7) is 2.71. The smallest absolute Gasteiger partial charge is 0.239 e. The van der Waals surface area contributed by atoms with Crippen LogP contribution in [0.1, 0.15) is 24.8 Å². The maximum atomic E-state index is 12.1. The normalized spacial score (nSPS) is 22.2. The van der Waals surface area contributed by atoms with Crippen molar-refractivity contribution < 1.29 is 18.0 Å². The number of amides is 2. The fraction of sp³-hybridized carbons (Fsp3) is 0.529. The molecular formula is C17H23N3O4S. The van der Waals surface area contributed by atoms with Gasteiger partial charge in [0.25, 0.3) is 0 Å². The molecule has 136 valence electrons. The van der Waals surface area contributed by atoms with Gasteiger partial charge in [0.2, 0.25) is 11.8 Å². The van der Waals surface area contributed by atoms with E-state index >= 15 is 0 Å². The van der Waals surface area contributed by atoms with E-state index < -0.39 is 9.84 Å². The topological polar surface area (TPSA) is 95.6 Å². The molecule has 0 bridgehead atoms. The molecule has 1 aromatic rings. The second kappa shape index (κ2) is 7.03. The van der Waals surface area contributed by atoms with Gasteiger partial charge in [0.15, 0.2) is 9.84 Å². The Balaban J connectivity index is 1.60. The average molecular weight is 365 g/mol. The van der Waals surface area contributed by atoms with E-state index in [1.807, 2.05) is 25.1 Å². The Morgan fingerprint density at radius 2 is 2.16 bits per heavy atom. The van der Waals surface area contributed by atoms with Crippen molar-refractivity contribution in [2.75, 3.05) is 34.8 Å². The predicted molar refractivity (Wildman–Crippen MR) is 96.5 cm³/mol. The quantitative estimate of drug-likeness (QED) is 0.806. The molecule has 0 aromatic heterocycles.